The molecule has 16 heavy (non-hydrogen) atoms. The Balaban J connectivity index is 1.88. The van der Waals surface area contributed by atoms with Crippen LogP contribution in [0.5, 0.6) is 0 Å². The molecule has 1 saturated carbocycles. The summed E-state index contributed by atoms with van der Waals surface area (Å²) < 4.78 is 13.1. The van der Waals surface area contributed by atoms with Crippen molar-refractivity contribution < 1.29 is 4.39 Å². The van der Waals surface area contributed by atoms with Gasteiger partial charge in [0.1, 0.15) is 0 Å². The summed E-state index contributed by atoms with van der Waals surface area (Å²) in [6.07, 6.45) is 8.13. The molecule has 2 nitrogen and oxygen atoms in total. The third-order valence-corrected chi connectivity index (χ3v) is 4.04. The van der Waals surface area contributed by atoms with Crippen LogP contribution in [0, 0.1) is 11.9 Å². The van der Waals surface area contributed by atoms with E-state index in [0.29, 0.717) is 6.04 Å². The Labute approximate surface area is 95.5 Å². The molecule has 0 bridgehead atoms. The number of aromatic nitrogens is 1. The third-order valence-electron chi connectivity index (χ3n) is 4.04. The first-order chi connectivity index (χ1) is 7.84. The standard InChI is InChI=1S/C13H17FN2/c14-13-9-11(6-7-15-13)16-8-2-4-10-3-1-5-12(10)16/h6-7,9-10,12H,1-5,8H2. The van der Waals surface area contributed by atoms with Gasteiger partial charge in [-0.3, -0.25) is 0 Å². The predicted molar refractivity (Wildman–Crippen MR) is 61.9 cm³/mol. The minimum absolute atomic E-state index is 0.363. The van der Waals surface area contributed by atoms with Crippen LogP contribution in [0.2, 0.25) is 0 Å². The normalized spacial score (nSPS) is 29.2. The maximum atomic E-state index is 13.1. The van der Waals surface area contributed by atoms with Gasteiger partial charge in [-0.05, 0) is 37.7 Å². The minimum atomic E-state index is -0.363. The second-order valence-corrected chi connectivity index (χ2v) is 4.93. The van der Waals surface area contributed by atoms with E-state index < -0.39 is 0 Å². The minimum Gasteiger partial charge on any atom is -0.368 e. The molecule has 1 saturated heterocycles. The van der Waals surface area contributed by atoms with Crippen molar-refractivity contribution in [2.75, 3.05) is 11.4 Å². The van der Waals surface area contributed by atoms with Crippen molar-refractivity contribution in [3.05, 3.63) is 24.3 Å². The summed E-state index contributed by atoms with van der Waals surface area (Å²) in [5.41, 5.74) is 1.02. The Hall–Kier alpha value is -1.12. The number of halogens is 1. The first-order valence-corrected chi connectivity index (χ1v) is 6.23. The van der Waals surface area contributed by atoms with Crippen LogP contribution in [0.1, 0.15) is 32.1 Å². The lowest BCUT2D eigenvalue weighted by Crippen LogP contribution is -2.42. The summed E-state index contributed by atoms with van der Waals surface area (Å²) in [4.78, 5) is 6.02. The van der Waals surface area contributed by atoms with Crippen molar-refractivity contribution in [1.82, 2.24) is 4.98 Å². The van der Waals surface area contributed by atoms with Gasteiger partial charge in [0.05, 0.1) is 0 Å². The zero-order chi connectivity index (χ0) is 11.0. The van der Waals surface area contributed by atoms with Gasteiger partial charge in [0.15, 0.2) is 0 Å². The van der Waals surface area contributed by atoms with Crippen molar-refractivity contribution >= 4 is 5.69 Å². The van der Waals surface area contributed by atoms with Gasteiger partial charge in [-0.25, -0.2) is 4.98 Å². The average molecular weight is 220 g/mol. The molecule has 2 aliphatic rings. The number of nitrogens with zero attached hydrogens (tertiary/aromatic N) is 2. The van der Waals surface area contributed by atoms with Crippen LogP contribution in [0.15, 0.2) is 18.3 Å². The summed E-state index contributed by atoms with van der Waals surface area (Å²) in [5, 5.41) is 0. The Morgan fingerprint density at radius 3 is 3.00 bits per heavy atom. The van der Waals surface area contributed by atoms with Crippen LogP contribution in [0.3, 0.4) is 0 Å². The molecule has 2 heterocycles. The molecule has 1 aromatic heterocycles. The van der Waals surface area contributed by atoms with E-state index >= 15 is 0 Å². The zero-order valence-corrected chi connectivity index (χ0v) is 9.40. The summed E-state index contributed by atoms with van der Waals surface area (Å²) >= 11 is 0. The van der Waals surface area contributed by atoms with E-state index in [1.807, 2.05) is 6.07 Å². The fourth-order valence-electron chi connectivity index (χ4n) is 3.35. The van der Waals surface area contributed by atoms with E-state index in [0.717, 1.165) is 18.2 Å². The van der Waals surface area contributed by atoms with Gasteiger partial charge in [0, 0.05) is 30.5 Å². The lowest BCUT2D eigenvalue weighted by atomic mass is 9.91. The molecule has 0 amide bonds. The van der Waals surface area contributed by atoms with Crippen molar-refractivity contribution in [2.45, 2.75) is 38.1 Å². The molecule has 1 aliphatic heterocycles. The van der Waals surface area contributed by atoms with Gasteiger partial charge >= 0.3 is 0 Å². The molecule has 3 rings (SSSR count). The number of pyridine rings is 1. The van der Waals surface area contributed by atoms with E-state index in [2.05, 4.69) is 9.88 Å². The van der Waals surface area contributed by atoms with E-state index in [4.69, 9.17) is 0 Å². The second kappa shape index (κ2) is 4.04. The highest BCUT2D eigenvalue weighted by Gasteiger charge is 2.35. The fraction of sp³-hybridized carbons (Fsp3) is 0.615. The third kappa shape index (κ3) is 1.68. The molecule has 0 aromatic carbocycles. The molecule has 1 aliphatic carbocycles. The molecule has 1 aromatic rings. The fourth-order valence-corrected chi connectivity index (χ4v) is 3.35. The van der Waals surface area contributed by atoms with Crippen LogP contribution in [0.4, 0.5) is 10.1 Å². The van der Waals surface area contributed by atoms with Crippen LogP contribution < -0.4 is 4.90 Å². The number of piperidine rings is 1. The van der Waals surface area contributed by atoms with Gasteiger partial charge in [0.25, 0.3) is 0 Å². The van der Waals surface area contributed by atoms with Crippen LogP contribution >= 0.6 is 0 Å². The van der Waals surface area contributed by atoms with Crippen molar-refractivity contribution in [3.63, 3.8) is 0 Å². The van der Waals surface area contributed by atoms with Gasteiger partial charge in [-0.2, -0.15) is 4.39 Å². The van der Waals surface area contributed by atoms with Crippen molar-refractivity contribution in [1.29, 1.82) is 0 Å². The molecular formula is C13H17FN2. The molecule has 2 atom stereocenters. The van der Waals surface area contributed by atoms with E-state index in [9.17, 15) is 4.39 Å². The topological polar surface area (TPSA) is 16.1 Å². The number of hydrogen-bond donors (Lipinski definition) is 0. The van der Waals surface area contributed by atoms with Crippen molar-refractivity contribution in [3.8, 4) is 0 Å². The Morgan fingerprint density at radius 1 is 1.25 bits per heavy atom. The lowest BCUT2D eigenvalue weighted by Gasteiger charge is -2.39. The summed E-state index contributed by atoms with van der Waals surface area (Å²) in [6.45, 7) is 1.07. The average Bonchev–Trinajstić information content (AvgIpc) is 2.76. The summed E-state index contributed by atoms with van der Waals surface area (Å²) in [7, 11) is 0. The van der Waals surface area contributed by atoms with E-state index in [1.165, 1.54) is 32.1 Å². The largest absolute Gasteiger partial charge is 0.368 e. The van der Waals surface area contributed by atoms with Crippen LogP contribution in [-0.2, 0) is 0 Å². The maximum absolute atomic E-state index is 13.1. The lowest BCUT2D eigenvalue weighted by molar-refractivity contribution is 0.362. The molecule has 0 spiro atoms. The molecule has 2 unspecified atom stereocenters. The Bertz CT molecular complexity index is 380. The number of rotatable bonds is 1. The first kappa shape index (κ1) is 10.1. The van der Waals surface area contributed by atoms with E-state index in [1.54, 1.807) is 12.3 Å². The smallest absolute Gasteiger partial charge is 0.214 e. The molecular weight excluding hydrogens is 203 g/mol. The second-order valence-electron chi connectivity index (χ2n) is 4.93. The summed E-state index contributed by atoms with van der Waals surface area (Å²) in [6, 6.07) is 4.15. The summed E-state index contributed by atoms with van der Waals surface area (Å²) in [5.74, 6) is 0.475. The highest BCUT2D eigenvalue weighted by Crippen LogP contribution is 2.38. The molecule has 0 radical (unpaired) electrons. The van der Waals surface area contributed by atoms with Gasteiger partial charge in [-0.1, -0.05) is 6.42 Å². The zero-order valence-electron chi connectivity index (χ0n) is 9.40. The molecule has 86 valence electrons. The first-order valence-electron chi connectivity index (χ1n) is 6.23. The highest BCUT2D eigenvalue weighted by molar-refractivity contribution is 5.47. The quantitative estimate of drug-likeness (QED) is 0.676. The van der Waals surface area contributed by atoms with Gasteiger partial charge in [0.2, 0.25) is 5.95 Å². The van der Waals surface area contributed by atoms with Crippen LogP contribution in [-0.4, -0.2) is 17.6 Å². The molecule has 0 N–H and O–H groups in total. The number of fused-ring (bicyclic) bond motifs is 1. The van der Waals surface area contributed by atoms with E-state index in [-0.39, 0.29) is 5.95 Å². The Kier molecular flexibility index (Phi) is 2.54. The predicted octanol–water partition coefficient (Wildman–Crippen LogP) is 2.99. The highest BCUT2D eigenvalue weighted by atomic mass is 19.1. The maximum Gasteiger partial charge on any atom is 0.214 e. The number of anilines is 1. The molecule has 2 fully saturated rings. The van der Waals surface area contributed by atoms with Gasteiger partial charge < -0.3 is 4.90 Å². The monoisotopic (exact) mass is 220 g/mol. The molecule has 3 heteroatoms. The van der Waals surface area contributed by atoms with Crippen LogP contribution in [0.25, 0.3) is 0 Å². The van der Waals surface area contributed by atoms with Gasteiger partial charge in [-0.15, -0.1) is 0 Å². The van der Waals surface area contributed by atoms with Crippen molar-refractivity contribution in [2.24, 2.45) is 5.92 Å². The Morgan fingerprint density at radius 2 is 2.12 bits per heavy atom. The number of hydrogen-bond acceptors (Lipinski definition) is 2. The SMILES string of the molecule is Fc1cc(N2CCCC3CCCC32)ccn1.